The third-order valence-corrected chi connectivity index (χ3v) is 4.12. The molecular weight excluding hydrogens is 329 g/mol. The molecule has 0 unspecified atom stereocenters. The van der Waals surface area contributed by atoms with Crippen LogP contribution < -0.4 is 16.0 Å². The van der Waals surface area contributed by atoms with E-state index in [1.165, 1.54) is 12.1 Å². The Hall–Kier alpha value is -3.34. The predicted octanol–water partition coefficient (Wildman–Crippen LogP) is 4.39. The van der Waals surface area contributed by atoms with Gasteiger partial charge in [0.1, 0.15) is 5.82 Å². The van der Waals surface area contributed by atoms with Crippen LogP contribution in [0.3, 0.4) is 0 Å². The second-order valence-electron chi connectivity index (χ2n) is 6.20. The number of carbonyl (C=O) groups is 1. The quantitative estimate of drug-likeness (QED) is 0.687. The van der Waals surface area contributed by atoms with Crippen LogP contribution in [0.5, 0.6) is 0 Å². The van der Waals surface area contributed by atoms with Crippen molar-refractivity contribution in [3.8, 4) is 11.1 Å². The van der Waals surface area contributed by atoms with Gasteiger partial charge in [0.15, 0.2) is 0 Å². The van der Waals surface area contributed by atoms with Crippen LogP contribution in [0.1, 0.15) is 10.4 Å². The molecule has 0 saturated carbocycles. The van der Waals surface area contributed by atoms with Gasteiger partial charge in [-0.05, 0) is 59.7 Å². The van der Waals surface area contributed by atoms with Crippen LogP contribution in [-0.4, -0.2) is 20.0 Å². The van der Waals surface area contributed by atoms with Crippen LogP contribution in [0.4, 0.5) is 21.5 Å². The van der Waals surface area contributed by atoms with Crippen LogP contribution in [0.15, 0.2) is 66.7 Å². The first kappa shape index (κ1) is 17.5. The number of rotatable bonds is 4. The van der Waals surface area contributed by atoms with Gasteiger partial charge in [-0.15, -0.1) is 0 Å². The molecule has 0 spiro atoms. The molecule has 26 heavy (non-hydrogen) atoms. The highest BCUT2D eigenvalue weighted by Crippen LogP contribution is 2.28. The second kappa shape index (κ2) is 7.27. The molecule has 0 aliphatic heterocycles. The zero-order chi connectivity index (χ0) is 18.7. The molecule has 0 aliphatic carbocycles. The maximum Gasteiger partial charge on any atom is 0.255 e. The summed E-state index contributed by atoms with van der Waals surface area (Å²) in [4.78, 5) is 14.5. The summed E-state index contributed by atoms with van der Waals surface area (Å²) in [5.74, 6) is -0.530. The lowest BCUT2D eigenvalue weighted by atomic mass is 10.0. The fraction of sp³-hybridized carbons (Fsp3) is 0.0952. The summed E-state index contributed by atoms with van der Waals surface area (Å²) < 4.78 is 13.1. The Morgan fingerprint density at radius 2 is 1.54 bits per heavy atom. The Bertz CT molecular complexity index is 919. The molecule has 0 heterocycles. The number of nitrogens with two attached hydrogens (primary N) is 1. The molecule has 132 valence electrons. The lowest BCUT2D eigenvalue weighted by Crippen LogP contribution is -2.14. The van der Waals surface area contributed by atoms with E-state index in [4.69, 9.17) is 5.73 Å². The minimum Gasteiger partial charge on any atom is -0.397 e. The molecule has 0 aliphatic rings. The van der Waals surface area contributed by atoms with Gasteiger partial charge in [-0.3, -0.25) is 4.79 Å². The average molecular weight is 349 g/mol. The first-order valence-corrected chi connectivity index (χ1v) is 8.18. The lowest BCUT2D eigenvalue weighted by Gasteiger charge is -2.13. The van der Waals surface area contributed by atoms with E-state index in [9.17, 15) is 9.18 Å². The summed E-state index contributed by atoms with van der Waals surface area (Å²) in [5, 5.41) is 2.85. The van der Waals surface area contributed by atoms with Gasteiger partial charge in [-0.2, -0.15) is 0 Å². The van der Waals surface area contributed by atoms with Crippen molar-refractivity contribution in [1.82, 2.24) is 0 Å². The van der Waals surface area contributed by atoms with E-state index in [0.29, 0.717) is 16.9 Å². The summed E-state index contributed by atoms with van der Waals surface area (Å²) in [7, 11) is 3.88. The normalized spacial score (nSPS) is 10.4. The molecule has 0 atom stereocenters. The van der Waals surface area contributed by atoms with Gasteiger partial charge in [-0.25, -0.2) is 4.39 Å². The molecule has 1 amide bonds. The highest BCUT2D eigenvalue weighted by atomic mass is 19.1. The number of carbonyl (C=O) groups excluding carboxylic acids is 1. The fourth-order valence-corrected chi connectivity index (χ4v) is 2.59. The largest absolute Gasteiger partial charge is 0.397 e. The Kier molecular flexibility index (Phi) is 4.89. The highest BCUT2D eigenvalue weighted by Gasteiger charge is 2.10. The van der Waals surface area contributed by atoms with Crippen LogP contribution in [0, 0.1) is 5.82 Å². The number of benzene rings is 3. The lowest BCUT2D eigenvalue weighted by molar-refractivity contribution is 0.102. The van der Waals surface area contributed by atoms with Crippen LogP contribution in [0.2, 0.25) is 0 Å². The van der Waals surface area contributed by atoms with Gasteiger partial charge >= 0.3 is 0 Å². The Balaban J connectivity index is 1.83. The number of anilines is 3. The van der Waals surface area contributed by atoms with E-state index in [2.05, 4.69) is 5.32 Å². The van der Waals surface area contributed by atoms with Gasteiger partial charge in [0.2, 0.25) is 0 Å². The third-order valence-electron chi connectivity index (χ3n) is 4.12. The van der Waals surface area contributed by atoms with Crippen molar-refractivity contribution >= 4 is 23.0 Å². The molecule has 0 fully saturated rings. The summed E-state index contributed by atoms with van der Waals surface area (Å²) in [6.45, 7) is 0. The number of nitrogens with one attached hydrogen (secondary N) is 1. The number of nitrogen functional groups attached to an aromatic ring is 1. The molecule has 4 nitrogen and oxygen atoms in total. The molecule has 3 aromatic rings. The SMILES string of the molecule is CN(C)c1ccc(C(=O)Nc2cc(-c3ccc(F)cc3)ccc2N)cc1. The summed E-state index contributed by atoms with van der Waals surface area (Å²) in [6.07, 6.45) is 0. The fourth-order valence-electron chi connectivity index (χ4n) is 2.59. The number of hydrogen-bond acceptors (Lipinski definition) is 3. The van der Waals surface area contributed by atoms with Crippen molar-refractivity contribution < 1.29 is 9.18 Å². The number of halogens is 1. The van der Waals surface area contributed by atoms with Crippen molar-refractivity contribution in [2.75, 3.05) is 30.0 Å². The van der Waals surface area contributed by atoms with E-state index in [0.717, 1.165) is 16.8 Å². The van der Waals surface area contributed by atoms with Crippen molar-refractivity contribution in [3.63, 3.8) is 0 Å². The maximum atomic E-state index is 13.1. The number of hydrogen-bond donors (Lipinski definition) is 2. The molecule has 0 bridgehead atoms. The van der Waals surface area contributed by atoms with Gasteiger partial charge in [0.05, 0.1) is 11.4 Å². The molecule has 3 N–H and O–H groups in total. The number of amides is 1. The Labute approximate surface area is 152 Å². The number of nitrogens with zero attached hydrogens (tertiary/aromatic N) is 1. The molecule has 3 rings (SSSR count). The standard InChI is InChI=1S/C21H20FN3O/c1-25(2)18-10-5-15(6-11-18)21(26)24-20-13-16(7-12-19(20)23)14-3-8-17(22)9-4-14/h3-13H,23H2,1-2H3,(H,24,26). The van der Waals surface area contributed by atoms with Crippen molar-refractivity contribution in [3.05, 3.63) is 78.1 Å². The zero-order valence-corrected chi connectivity index (χ0v) is 14.7. The molecule has 5 heteroatoms. The van der Waals surface area contributed by atoms with Crippen LogP contribution in [-0.2, 0) is 0 Å². The molecule has 0 radical (unpaired) electrons. The van der Waals surface area contributed by atoms with Crippen LogP contribution >= 0.6 is 0 Å². The van der Waals surface area contributed by atoms with Crippen molar-refractivity contribution in [1.29, 1.82) is 0 Å². The van der Waals surface area contributed by atoms with E-state index in [-0.39, 0.29) is 11.7 Å². The first-order valence-electron chi connectivity index (χ1n) is 8.18. The van der Waals surface area contributed by atoms with Crippen molar-refractivity contribution in [2.45, 2.75) is 0 Å². The summed E-state index contributed by atoms with van der Waals surface area (Å²) in [6, 6.07) is 18.8. The average Bonchev–Trinajstić information content (AvgIpc) is 2.64. The summed E-state index contributed by atoms with van der Waals surface area (Å²) >= 11 is 0. The van der Waals surface area contributed by atoms with Gasteiger partial charge < -0.3 is 16.0 Å². The minimum absolute atomic E-state index is 0.238. The predicted molar refractivity (Wildman–Crippen MR) is 105 cm³/mol. The van der Waals surface area contributed by atoms with E-state index in [1.807, 2.05) is 37.2 Å². The maximum absolute atomic E-state index is 13.1. The van der Waals surface area contributed by atoms with Gasteiger partial charge in [-0.1, -0.05) is 18.2 Å². The first-order chi connectivity index (χ1) is 12.4. The topological polar surface area (TPSA) is 58.4 Å². The molecule has 0 saturated heterocycles. The highest BCUT2D eigenvalue weighted by molar-refractivity contribution is 6.06. The third kappa shape index (κ3) is 3.83. The molecule has 0 aromatic heterocycles. The van der Waals surface area contributed by atoms with Gasteiger partial charge in [0.25, 0.3) is 5.91 Å². The van der Waals surface area contributed by atoms with Crippen molar-refractivity contribution in [2.24, 2.45) is 0 Å². The molecule has 3 aromatic carbocycles. The monoisotopic (exact) mass is 349 g/mol. The summed E-state index contributed by atoms with van der Waals surface area (Å²) in [5.41, 5.74) is 10.2. The Morgan fingerprint density at radius 3 is 2.15 bits per heavy atom. The van der Waals surface area contributed by atoms with Gasteiger partial charge in [0, 0.05) is 25.3 Å². The van der Waals surface area contributed by atoms with E-state index < -0.39 is 0 Å². The van der Waals surface area contributed by atoms with E-state index >= 15 is 0 Å². The second-order valence-corrected chi connectivity index (χ2v) is 6.20. The van der Waals surface area contributed by atoms with Crippen LogP contribution in [0.25, 0.3) is 11.1 Å². The smallest absolute Gasteiger partial charge is 0.255 e. The zero-order valence-electron chi connectivity index (χ0n) is 14.7. The van der Waals surface area contributed by atoms with E-state index in [1.54, 1.807) is 36.4 Å². The molecular formula is C21H20FN3O. The Morgan fingerprint density at radius 1 is 0.923 bits per heavy atom. The minimum atomic E-state index is -0.293.